The summed E-state index contributed by atoms with van der Waals surface area (Å²) in [6, 6.07) is 6.92. The van der Waals surface area contributed by atoms with Gasteiger partial charge in [-0.3, -0.25) is 4.90 Å². The number of aromatic nitrogens is 1. The van der Waals surface area contributed by atoms with Crippen molar-refractivity contribution >= 4 is 27.3 Å². The number of piperidine rings is 1. The predicted octanol–water partition coefficient (Wildman–Crippen LogP) is 4.16. The lowest BCUT2D eigenvalue weighted by Crippen LogP contribution is -2.52. The first kappa shape index (κ1) is 28.4. The number of ether oxygens (including phenoxy) is 1. The van der Waals surface area contributed by atoms with Crippen LogP contribution in [-0.2, 0) is 21.4 Å². The third kappa shape index (κ3) is 6.55. The first-order valence-electron chi connectivity index (χ1n) is 11.4. The van der Waals surface area contributed by atoms with Crippen LogP contribution >= 0.6 is 11.3 Å². The Bertz CT molecular complexity index is 1160. The second-order valence-electron chi connectivity index (χ2n) is 9.32. The average molecular weight is 550 g/mol. The Labute approximate surface area is 212 Å². The molecule has 0 aliphatic carbocycles. The first-order valence-corrected chi connectivity index (χ1v) is 13.7. The number of thiazole rings is 1. The molecule has 1 aromatic heterocycles. The number of carbonyl (C=O) groups is 1. The molecule has 0 radical (unpaired) electrons. The number of alkyl halides is 3. The molecule has 1 spiro atoms. The summed E-state index contributed by atoms with van der Waals surface area (Å²) in [4.78, 5) is 17.3. The number of likely N-dealkylation sites (tertiary alicyclic amines) is 1. The van der Waals surface area contributed by atoms with Gasteiger partial charge >= 0.3 is 12.1 Å². The smallest absolute Gasteiger partial charge is 0.490 e. The van der Waals surface area contributed by atoms with Gasteiger partial charge < -0.3 is 9.84 Å². The van der Waals surface area contributed by atoms with E-state index >= 15 is 0 Å². The molecule has 2 aliphatic rings. The van der Waals surface area contributed by atoms with Crippen LogP contribution in [0.5, 0.6) is 5.75 Å². The number of sulfonamides is 1. The van der Waals surface area contributed by atoms with Crippen molar-refractivity contribution in [1.29, 1.82) is 0 Å². The Morgan fingerprint density at radius 1 is 1.25 bits per heavy atom. The van der Waals surface area contributed by atoms with Gasteiger partial charge in [0.15, 0.2) is 0 Å². The van der Waals surface area contributed by atoms with Crippen LogP contribution in [0.3, 0.4) is 0 Å². The lowest BCUT2D eigenvalue weighted by molar-refractivity contribution is -0.192. The highest BCUT2D eigenvalue weighted by atomic mass is 32.2. The first-order chi connectivity index (χ1) is 16.7. The minimum absolute atomic E-state index is 0.0964. The highest BCUT2D eigenvalue weighted by molar-refractivity contribution is 7.89. The van der Waals surface area contributed by atoms with E-state index in [9.17, 15) is 21.6 Å². The Balaban J connectivity index is 0.000000454. The number of aliphatic carboxylic acids is 1. The van der Waals surface area contributed by atoms with E-state index in [0.29, 0.717) is 18.9 Å². The fourth-order valence-corrected chi connectivity index (χ4v) is 6.93. The van der Waals surface area contributed by atoms with Crippen molar-refractivity contribution in [2.24, 2.45) is 5.41 Å². The second-order valence-corrected chi connectivity index (χ2v) is 12.1. The van der Waals surface area contributed by atoms with Gasteiger partial charge in [0.2, 0.25) is 10.0 Å². The van der Waals surface area contributed by atoms with E-state index in [0.717, 1.165) is 38.2 Å². The van der Waals surface area contributed by atoms with Gasteiger partial charge in [0, 0.05) is 29.4 Å². The molecule has 0 bridgehead atoms. The number of aryl methyl sites for hydroxylation is 1. The van der Waals surface area contributed by atoms with E-state index in [-0.39, 0.29) is 16.4 Å². The predicted molar refractivity (Wildman–Crippen MR) is 128 cm³/mol. The number of fused-ring (bicyclic) bond motifs is 1. The molecule has 1 aromatic carbocycles. The molecular weight excluding hydrogens is 519 g/mol. The number of nitrogens with zero attached hydrogens (tertiary/aromatic N) is 3. The summed E-state index contributed by atoms with van der Waals surface area (Å²) < 4.78 is 66.3. The van der Waals surface area contributed by atoms with Gasteiger partial charge in [0.05, 0.1) is 17.8 Å². The molecular formula is C23H30F3N3O5S2. The maximum Gasteiger partial charge on any atom is 0.490 e. The molecule has 1 saturated heterocycles. The topological polar surface area (TPSA) is 100 Å². The van der Waals surface area contributed by atoms with Crippen LogP contribution in [0, 0.1) is 12.3 Å². The normalized spacial score (nSPS) is 20.0. The molecule has 36 heavy (non-hydrogen) atoms. The largest absolute Gasteiger partial charge is 0.492 e. The Hall–Kier alpha value is -2.22. The van der Waals surface area contributed by atoms with Gasteiger partial charge in [-0.25, -0.2) is 18.2 Å². The minimum Gasteiger partial charge on any atom is -0.492 e. The fourth-order valence-electron chi connectivity index (χ4n) is 4.23. The summed E-state index contributed by atoms with van der Waals surface area (Å²) in [7, 11) is -3.59. The summed E-state index contributed by atoms with van der Waals surface area (Å²) in [5.74, 6) is -2.28. The third-order valence-corrected chi connectivity index (χ3v) is 9.39. The van der Waals surface area contributed by atoms with Gasteiger partial charge in [-0.1, -0.05) is 12.1 Å². The summed E-state index contributed by atoms with van der Waals surface area (Å²) in [5.41, 5.74) is 2.85. The molecule has 8 nitrogen and oxygen atoms in total. The summed E-state index contributed by atoms with van der Waals surface area (Å²) >= 11 is 1.71. The van der Waals surface area contributed by atoms with Crippen molar-refractivity contribution in [1.82, 2.24) is 14.2 Å². The second kappa shape index (κ2) is 11.0. The van der Waals surface area contributed by atoms with Crippen LogP contribution in [-0.4, -0.2) is 72.1 Å². The molecule has 0 amide bonds. The summed E-state index contributed by atoms with van der Waals surface area (Å²) in [6.07, 6.45) is -3.24. The number of rotatable bonds is 3. The SMILES string of the molecule is Cc1ncsc1CN1CCC2(CC1)COc1ccccc1S(=O)(=O)N(C(C)C)C2.O=C(O)C(F)(F)F. The van der Waals surface area contributed by atoms with Crippen LogP contribution in [0.15, 0.2) is 34.7 Å². The van der Waals surface area contributed by atoms with Gasteiger partial charge in [-0.2, -0.15) is 17.5 Å². The number of carboxylic acids is 1. The zero-order valence-electron chi connectivity index (χ0n) is 20.3. The van der Waals surface area contributed by atoms with Crippen molar-refractivity contribution in [3.8, 4) is 5.75 Å². The van der Waals surface area contributed by atoms with Gasteiger partial charge in [0.25, 0.3) is 0 Å². The molecule has 13 heteroatoms. The number of para-hydroxylation sites is 1. The maximum atomic E-state index is 13.4. The standard InChI is InChI=1S/C21H29N3O3S2.C2HF3O2/c1-16(2)24-13-21(14-27-18-6-4-5-7-20(18)29(24,25)26)8-10-23(11-9-21)12-19-17(3)22-15-28-19;3-2(4,5)1(6)7/h4-7,15-16H,8-14H2,1-3H3;(H,6,7). The van der Waals surface area contributed by atoms with E-state index in [2.05, 4.69) is 16.8 Å². The van der Waals surface area contributed by atoms with E-state index in [1.54, 1.807) is 33.8 Å². The zero-order chi connectivity index (χ0) is 26.7. The number of benzene rings is 1. The molecule has 3 heterocycles. The van der Waals surface area contributed by atoms with E-state index in [1.807, 2.05) is 25.4 Å². The molecule has 0 unspecified atom stereocenters. The number of carboxylic acid groups (broad SMARTS) is 1. The van der Waals surface area contributed by atoms with Crippen LogP contribution in [0.2, 0.25) is 0 Å². The van der Waals surface area contributed by atoms with Gasteiger partial charge in [0.1, 0.15) is 10.6 Å². The number of hydrogen-bond acceptors (Lipinski definition) is 7. The fraction of sp³-hybridized carbons (Fsp3) is 0.565. The van der Waals surface area contributed by atoms with Crippen molar-refractivity contribution in [3.63, 3.8) is 0 Å². The third-order valence-electron chi connectivity index (χ3n) is 6.41. The van der Waals surface area contributed by atoms with Crippen LogP contribution in [0.4, 0.5) is 13.2 Å². The summed E-state index contributed by atoms with van der Waals surface area (Å²) in [6.45, 7) is 9.83. The zero-order valence-corrected chi connectivity index (χ0v) is 21.9. The highest BCUT2D eigenvalue weighted by Crippen LogP contribution is 2.40. The van der Waals surface area contributed by atoms with Crippen molar-refractivity contribution in [2.45, 2.75) is 57.3 Å². The molecule has 2 aromatic rings. The minimum atomic E-state index is -5.08. The molecule has 1 fully saturated rings. The van der Waals surface area contributed by atoms with E-state index in [4.69, 9.17) is 14.6 Å². The van der Waals surface area contributed by atoms with Crippen LogP contribution < -0.4 is 4.74 Å². The lowest BCUT2D eigenvalue weighted by Gasteiger charge is -2.45. The summed E-state index contributed by atoms with van der Waals surface area (Å²) in [5, 5.41) is 7.12. The molecule has 200 valence electrons. The quantitative estimate of drug-likeness (QED) is 0.614. The van der Waals surface area contributed by atoms with Crippen LogP contribution in [0.25, 0.3) is 0 Å². The molecule has 2 aliphatic heterocycles. The highest BCUT2D eigenvalue weighted by Gasteiger charge is 2.43. The lowest BCUT2D eigenvalue weighted by atomic mass is 9.78. The average Bonchev–Trinajstić information content (AvgIpc) is 3.21. The van der Waals surface area contributed by atoms with E-state index < -0.39 is 22.2 Å². The Kier molecular flexibility index (Phi) is 8.69. The van der Waals surface area contributed by atoms with Crippen molar-refractivity contribution < 1.29 is 36.2 Å². The Morgan fingerprint density at radius 2 is 1.86 bits per heavy atom. The van der Waals surface area contributed by atoms with Gasteiger partial charge in [-0.05, 0) is 58.8 Å². The monoisotopic (exact) mass is 549 g/mol. The van der Waals surface area contributed by atoms with E-state index in [1.165, 1.54) is 4.88 Å². The Morgan fingerprint density at radius 3 is 2.39 bits per heavy atom. The van der Waals surface area contributed by atoms with Crippen LogP contribution in [0.1, 0.15) is 37.3 Å². The number of hydrogen-bond donors (Lipinski definition) is 1. The van der Waals surface area contributed by atoms with Crippen molar-refractivity contribution in [2.75, 3.05) is 26.2 Å². The van der Waals surface area contributed by atoms with Crippen molar-refractivity contribution in [3.05, 3.63) is 40.3 Å². The molecule has 0 atom stereocenters. The number of halogens is 3. The molecule has 0 saturated carbocycles. The van der Waals surface area contributed by atoms with Gasteiger partial charge in [-0.15, -0.1) is 11.3 Å². The molecule has 4 rings (SSSR count). The molecule has 1 N–H and O–H groups in total. The maximum absolute atomic E-state index is 13.4.